The molecule has 1 aliphatic rings. The van der Waals surface area contributed by atoms with Crippen LogP contribution in [0, 0.1) is 5.92 Å². The lowest BCUT2D eigenvalue weighted by molar-refractivity contribution is -0.134. The predicted molar refractivity (Wildman–Crippen MR) is 67.2 cm³/mol. The first-order chi connectivity index (χ1) is 7.25. The average Bonchev–Trinajstić information content (AvgIpc) is 2.16. The number of hydrogen-bond acceptors (Lipinski definition) is 1. The Morgan fingerprint density at radius 3 is 2.27 bits per heavy atom. The van der Waals surface area contributed by atoms with Crippen LogP contribution >= 0.6 is 15.9 Å². The van der Waals surface area contributed by atoms with Crippen LogP contribution in [0.4, 0.5) is 0 Å². The maximum Gasteiger partial charge on any atom is 0.225 e. The van der Waals surface area contributed by atoms with Gasteiger partial charge in [-0.25, -0.2) is 0 Å². The van der Waals surface area contributed by atoms with Crippen LogP contribution in [-0.4, -0.2) is 29.7 Å². The highest BCUT2D eigenvalue weighted by atomic mass is 79.9. The first-order valence-corrected chi connectivity index (χ1v) is 7.19. The number of halogens is 1. The Morgan fingerprint density at radius 2 is 1.73 bits per heavy atom. The van der Waals surface area contributed by atoms with Crippen LogP contribution in [0.2, 0.25) is 0 Å². The van der Waals surface area contributed by atoms with Crippen molar-refractivity contribution in [3.63, 3.8) is 0 Å². The molecule has 1 aliphatic carbocycles. The number of carbonyl (C=O) groups excluding carboxylic acids is 1. The maximum absolute atomic E-state index is 12.1. The second kappa shape index (κ2) is 7.26. The fourth-order valence-electron chi connectivity index (χ4n) is 2.25. The highest BCUT2D eigenvalue weighted by Gasteiger charge is 2.21. The molecule has 3 heteroatoms. The summed E-state index contributed by atoms with van der Waals surface area (Å²) in [6.45, 7) is 0.829. The first kappa shape index (κ1) is 13.0. The Kier molecular flexibility index (Phi) is 6.30. The van der Waals surface area contributed by atoms with Gasteiger partial charge in [-0.15, -0.1) is 0 Å². The molecule has 1 rings (SSSR count). The van der Waals surface area contributed by atoms with Crippen molar-refractivity contribution in [2.45, 2.75) is 44.9 Å². The summed E-state index contributed by atoms with van der Waals surface area (Å²) in [6.07, 6.45) is 8.66. The second-order valence-corrected chi connectivity index (χ2v) is 5.28. The monoisotopic (exact) mass is 275 g/mol. The van der Waals surface area contributed by atoms with E-state index in [1.807, 2.05) is 11.9 Å². The van der Waals surface area contributed by atoms with Gasteiger partial charge in [-0.1, -0.05) is 48.0 Å². The summed E-state index contributed by atoms with van der Waals surface area (Å²) in [5, 5.41) is 0.877. The topological polar surface area (TPSA) is 20.3 Å². The fraction of sp³-hybridized carbons (Fsp3) is 0.917. The largest absolute Gasteiger partial charge is 0.345 e. The number of amides is 1. The molecule has 0 aromatic carbocycles. The van der Waals surface area contributed by atoms with Gasteiger partial charge in [0.2, 0.25) is 5.91 Å². The smallest absolute Gasteiger partial charge is 0.225 e. The molecule has 0 spiro atoms. The van der Waals surface area contributed by atoms with Crippen molar-refractivity contribution >= 4 is 21.8 Å². The second-order valence-electron chi connectivity index (χ2n) is 4.49. The molecule has 0 heterocycles. The van der Waals surface area contributed by atoms with Crippen LogP contribution in [0.3, 0.4) is 0 Å². The van der Waals surface area contributed by atoms with Crippen LogP contribution in [0.5, 0.6) is 0 Å². The minimum atomic E-state index is 0.300. The van der Waals surface area contributed by atoms with Crippen LogP contribution in [0.1, 0.15) is 44.9 Å². The van der Waals surface area contributed by atoms with Crippen molar-refractivity contribution in [3.05, 3.63) is 0 Å². The molecular weight excluding hydrogens is 254 g/mol. The minimum Gasteiger partial charge on any atom is -0.345 e. The van der Waals surface area contributed by atoms with E-state index in [2.05, 4.69) is 15.9 Å². The molecule has 0 N–H and O–H groups in total. The fourth-order valence-corrected chi connectivity index (χ4v) is 2.78. The van der Waals surface area contributed by atoms with Crippen LogP contribution in [-0.2, 0) is 4.79 Å². The third-order valence-corrected chi connectivity index (χ3v) is 3.61. The van der Waals surface area contributed by atoms with Gasteiger partial charge in [0, 0.05) is 24.8 Å². The maximum atomic E-state index is 12.1. The Bertz CT molecular complexity index is 188. The van der Waals surface area contributed by atoms with Crippen molar-refractivity contribution in [1.82, 2.24) is 4.90 Å². The lowest BCUT2D eigenvalue weighted by Gasteiger charge is -2.24. The minimum absolute atomic E-state index is 0.300. The molecule has 1 fully saturated rings. The molecule has 0 bridgehead atoms. The molecule has 0 radical (unpaired) electrons. The van der Waals surface area contributed by atoms with Gasteiger partial charge in [-0.05, 0) is 12.8 Å². The van der Waals surface area contributed by atoms with E-state index >= 15 is 0 Å². The average molecular weight is 276 g/mol. The number of carbonyl (C=O) groups is 1. The highest BCUT2D eigenvalue weighted by Crippen LogP contribution is 2.23. The van der Waals surface area contributed by atoms with Gasteiger partial charge in [0.1, 0.15) is 0 Å². The van der Waals surface area contributed by atoms with Crippen molar-refractivity contribution in [2.24, 2.45) is 5.92 Å². The third kappa shape index (κ3) is 4.54. The molecule has 0 aromatic rings. The molecule has 15 heavy (non-hydrogen) atoms. The number of hydrogen-bond donors (Lipinski definition) is 0. The van der Waals surface area contributed by atoms with E-state index in [0.29, 0.717) is 11.8 Å². The van der Waals surface area contributed by atoms with Crippen LogP contribution in [0.25, 0.3) is 0 Å². The van der Waals surface area contributed by atoms with Crippen molar-refractivity contribution in [1.29, 1.82) is 0 Å². The number of alkyl halides is 1. The van der Waals surface area contributed by atoms with Crippen LogP contribution in [0.15, 0.2) is 0 Å². The Labute approximate surface area is 102 Å². The molecule has 0 aliphatic heterocycles. The quantitative estimate of drug-likeness (QED) is 0.725. The van der Waals surface area contributed by atoms with Gasteiger partial charge in [-0.2, -0.15) is 0 Å². The zero-order chi connectivity index (χ0) is 11.1. The summed E-state index contributed by atoms with van der Waals surface area (Å²) in [7, 11) is 1.92. The summed E-state index contributed by atoms with van der Waals surface area (Å²) < 4.78 is 0. The predicted octanol–water partition coefficient (Wildman–Crippen LogP) is 3.20. The van der Waals surface area contributed by atoms with Crippen molar-refractivity contribution in [2.75, 3.05) is 18.9 Å². The van der Waals surface area contributed by atoms with E-state index in [-0.39, 0.29) is 0 Å². The van der Waals surface area contributed by atoms with E-state index in [1.54, 1.807) is 0 Å². The van der Waals surface area contributed by atoms with Gasteiger partial charge in [0.25, 0.3) is 0 Å². The lowest BCUT2D eigenvalue weighted by atomic mass is 9.90. The Balaban J connectivity index is 2.40. The molecule has 88 valence electrons. The standard InChI is InChI=1S/C12H22BrNO/c1-14(10-9-13)12(15)11-7-5-3-2-4-6-8-11/h11H,2-10H2,1H3. The lowest BCUT2D eigenvalue weighted by Crippen LogP contribution is -2.34. The van der Waals surface area contributed by atoms with E-state index in [4.69, 9.17) is 0 Å². The van der Waals surface area contributed by atoms with E-state index in [1.165, 1.54) is 32.1 Å². The molecule has 1 amide bonds. The zero-order valence-electron chi connectivity index (χ0n) is 9.67. The van der Waals surface area contributed by atoms with Gasteiger partial charge in [-0.3, -0.25) is 4.79 Å². The third-order valence-electron chi connectivity index (χ3n) is 3.25. The Morgan fingerprint density at radius 1 is 1.20 bits per heavy atom. The molecular formula is C12H22BrNO. The van der Waals surface area contributed by atoms with Gasteiger partial charge < -0.3 is 4.90 Å². The van der Waals surface area contributed by atoms with Crippen LogP contribution < -0.4 is 0 Å². The summed E-state index contributed by atoms with van der Waals surface area (Å²) in [4.78, 5) is 13.9. The molecule has 1 saturated carbocycles. The number of nitrogens with zero attached hydrogens (tertiary/aromatic N) is 1. The van der Waals surface area contributed by atoms with Gasteiger partial charge >= 0.3 is 0 Å². The Hall–Kier alpha value is -0.0500. The highest BCUT2D eigenvalue weighted by molar-refractivity contribution is 9.09. The molecule has 0 unspecified atom stereocenters. The first-order valence-electron chi connectivity index (χ1n) is 6.06. The molecule has 2 nitrogen and oxygen atoms in total. The summed E-state index contributed by atoms with van der Waals surface area (Å²) in [5.41, 5.74) is 0. The van der Waals surface area contributed by atoms with E-state index in [9.17, 15) is 4.79 Å². The van der Waals surface area contributed by atoms with Crippen molar-refractivity contribution in [3.8, 4) is 0 Å². The SMILES string of the molecule is CN(CCBr)C(=O)C1CCCCCCC1. The van der Waals surface area contributed by atoms with Gasteiger partial charge in [0.15, 0.2) is 0 Å². The van der Waals surface area contributed by atoms with Gasteiger partial charge in [0.05, 0.1) is 0 Å². The summed E-state index contributed by atoms with van der Waals surface area (Å²) >= 11 is 3.38. The van der Waals surface area contributed by atoms with Crippen molar-refractivity contribution < 1.29 is 4.79 Å². The number of rotatable bonds is 3. The normalized spacial score (nSPS) is 19.3. The van der Waals surface area contributed by atoms with E-state index in [0.717, 1.165) is 24.7 Å². The molecule has 0 atom stereocenters. The molecule has 0 aromatic heterocycles. The van der Waals surface area contributed by atoms with E-state index < -0.39 is 0 Å². The summed E-state index contributed by atoms with van der Waals surface area (Å²) in [6, 6.07) is 0. The summed E-state index contributed by atoms with van der Waals surface area (Å²) in [5.74, 6) is 0.658. The molecule has 0 saturated heterocycles. The zero-order valence-corrected chi connectivity index (χ0v) is 11.3.